The van der Waals surface area contributed by atoms with Crippen molar-refractivity contribution in [2.45, 2.75) is 0 Å². The predicted molar refractivity (Wildman–Crippen MR) is 37.4 cm³/mol. The SMILES string of the molecule is [O-]c1c[n+](-c2ccc([18F])cc2)no1. The van der Waals surface area contributed by atoms with Crippen LogP contribution in [0.4, 0.5) is 4.39 Å². The molecule has 0 amide bonds. The molecule has 4 nitrogen and oxygen atoms in total. The Balaban J connectivity index is 2.41. The molecule has 2 aromatic rings. The van der Waals surface area contributed by atoms with E-state index in [0.717, 1.165) is 0 Å². The van der Waals surface area contributed by atoms with Gasteiger partial charge in [0.15, 0.2) is 0 Å². The lowest BCUT2D eigenvalue weighted by atomic mass is 10.3. The van der Waals surface area contributed by atoms with Crippen LogP contribution < -0.4 is 9.79 Å². The van der Waals surface area contributed by atoms with Crippen LogP contribution in [0.1, 0.15) is 0 Å². The van der Waals surface area contributed by atoms with E-state index in [-0.39, 0.29) is 5.82 Å². The summed E-state index contributed by atoms with van der Waals surface area (Å²) in [7, 11) is 0. The monoisotopic (exact) mass is 179 g/mol. The largest absolute Gasteiger partial charge is 0.539 e. The van der Waals surface area contributed by atoms with Gasteiger partial charge in [0.25, 0.3) is 0 Å². The van der Waals surface area contributed by atoms with E-state index < -0.39 is 5.95 Å². The van der Waals surface area contributed by atoms with Crippen molar-refractivity contribution in [3.63, 3.8) is 0 Å². The smallest absolute Gasteiger partial charge is 0.239 e. The molecule has 5 heteroatoms. The van der Waals surface area contributed by atoms with Crippen molar-refractivity contribution in [2.24, 2.45) is 0 Å². The summed E-state index contributed by atoms with van der Waals surface area (Å²) >= 11 is 0. The maximum atomic E-state index is 12.5. The molecule has 66 valence electrons. The second-order valence-electron chi connectivity index (χ2n) is 2.44. The fourth-order valence-electron chi connectivity index (χ4n) is 0.947. The van der Waals surface area contributed by atoms with Gasteiger partial charge in [-0.3, -0.25) is 0 Å². The van der Waals surface area contributed by atoms with Crippen molar-refractivity contribution in [1.82, 2.24) is 5.27 Å². The van der Waals surface area contributed by atoms with Gasteiger partial charge in [0, 0.05) is 12.1 Å². The van der Waals surface area contributed by atoms with Crippen LogP contribution in [0.25, 0.3) is 5.69 Å². The normalized spacial score (nSPS) is 10.2. The molecule has 0 bridgehead atoms. The van der Waals surface area contributed by atoms with E-state index >= 15 is 0 Å². The summed E-state index contributed by atoms with van der Waals surface area (Å²) in [4.78, 5) is 0. The maximum absolute atomic E-state index is 12.5. The van der Waals surface area contributed by atoms with E-state index in [2.05, 4.69) is 9.79 Å². The van der Waals surface area contributed by atoms with Crippen molar-refractivity contribution in [1.29, 1.82) is 0 Å². The van der Waals surface area contributed by atoms with Crippen LogP contribution in [-0.4, -0.2) is 5.27 Å². The molecule has 0 saturated heterocycles. The quantitative estimate of drug-likeness (QED) is 0.586. The number of halogens is 1. The molecular weight excluding hydrogens is 174 g/mol. The first-order chi connectivity index (χ1) is 6.25. The molecule has 1 aromatic carbocycles. The fraction of sp³-hybridized carbons (Fsp3) is 0. The summed E-state index contributed by atoms with van der Waals surface area (Å²) in [5.74, 6) is -0.875. The summed E-state index contributed by atoms with van der Waals surface area (Å²) in [5.41, 5.74) is 0.576. The molecule has 0 spiro atoms. The number of nitrogens with zero attached hydrogens (tertiary/aromatic N) is 2. The zero-order valence-corrected chi connectivity index (χ0v) is 6.48. The molecule has 0 unspecified atom stereocenters. The highest BCUT2D eigenvalue weighted by atomic mass is 18.2. The third-order valence-electron chi connectivity index (χ3n) is 1.54. The Bertz CT molecular complexity index is 410. The minimum absolute atomic E-state index is 0.338. The average Bonchev–Trinajstić information content (AvgIpc) is 2.53. The van der Waals surface area contributed by atoms with Gasteiger partial charge in [0.1, 0.15) is 11.8 Å². The van der Waals surface area contributed by atoms with Crippen LogP contribution in [-0.2, 0) is 0 Å². The van der Waals surface area contributed by atoms with E-state index in [9.17, 15) is 9.50 Å². The molecular formula is C8H5FN2O2. The van der Waals surface area contributed by atoms with E-state index in [0.29, 0.717) is 5.69 Å². The summed E-state index contributed by atoms with van der Waals surface area (Å²) < 4.78 is 18.0. The Labute approximate surface area is 72.8 Å². The lowest BCUT2D eigenvalue weighted by Crippen LogP contribution is -2.31. The Morgan fingerprint density at radius 3 is 2.54 bits per heavy atom. The summed E-state index contributed by atoms with van der Waals surface area (Å²) in [6, 6.07) is 5.55. The van der Waals surface area contributed by atoms with Crippen LogP contribution in [0.5, 0.6) is 5.95 Å². The molecule has 0 saturated carbocycles. The number of hydrogen-bond donors (Lipinski definition) is 0. The summed E-state index contributed by atoms with van der Waals surface area (Å²) in [6.45, 7) is 0. The van der Waals surface area contributed by atoms with E-state index in [1.54, 1.807) is 0 Å². The second-order valence-corrected chi connectivity index (χ2v) is 2.44. The van der Waals surface area contributed by atoms with Crippen molar-refractivity contribution in [2.75, 3.05) is 0 Å². The Hall–Kier alpha value is -1.91. The summed E-state index contributed by atoms with van der Waals surface area (Å²) in [5, 5.41) is 14.0. The van der Waals surface area contributed by atoms with Crippen LogP contribution in [0.2, 0.25) is 0 Å². The van der Waals surface area contributed by atoms with Gasteiger partial charge in [0.2, 0.25) is 11.9 Å². The van der Waals surface area contributed by atoms with E-state index in [4.69, 9.17) is 0 Å². The van der Waals surface area contributed by atoms with Gasteiger partial charge in [-0.1, -0.05) is 0 Å². The molecule has 2 rings (SSSR count). The van der Waals surface area contributed by atoms with Gasteiger partial charge < -0.3 is 9.63 Å². The Morgan fingerprint density at radius 2 is 2.00 bits per heavy atom. The number of aromatic nitrogens is 2. The van der Waals surface area contributed by atoms with Crippen molar-refractivity contribution in [3.8, 4) is 11.6 Å². The summed E-state index contributed by atoms with van der Waals surface area (Å²) in [6.07, 6.45) is 1.17. The van der Waals surface area contributed by atoms with Crippen molar-refractivity contribution < 1.29 is 18.7 Å². The zero-order valence-electron chi connectivity index (χ0n) is 6.48. The third-order valence-corrected chi connectivity index (χ3v) is 1.54. The Morgan fingerprint density at radius 1 is 1.31 bits per heavy atom. The molecule has 0 radical (unpaired) electrons. The highest BCUT2D eigenvalue weighted by molar-refractivity contribution is 5.21. The van der Waals surface area contributed by atoms with Crippen LogP contribution in [0.15, 0.2) is 35.0 Å². The third kappa shape index (κ3) is 1.48. The lowest BCUT2D eigenvalue weighted by molar-refractivity contribution is -0.670. The van der Waals surface area contributed by atoms with Crippen LogP contribution >= 0.6 is 0 Å². The van der Waals surface area contributed by atoms with E-state index in [1.165, 1.54) is 35.1 Å². The predicted octanol–water partition coefficient (Wildman–Crippen LogP) is 0.164. The van der Waals surface area contributed by atoms with Crippen LogP contribution in [0, 0.1) is 5.82 Å². The minimum atomic E-state index is -0.538. The zero-order chi connectivity index (χ0) is 9.26. The molecule has 0 aliphatic heterocycles. The second kappa shape index (κ2) is 2.85. The van der Waals surface area contributed by atoms with Crippen molar-refractivity contribution >= 4 is 0 Å². The van der Waals surface area contributed by atoms with E-state index in [1.807, 2.05) is 0 Å². The maximum Gasteiger partial charge on any atom is 0.239 e. The molecule has 13 heavy (non-hydrogen) atoms. The van der Waals surface area contributed by atoms with Gasteiger partial charge in [-0.15, -0.1) is 0 Å². The molecule has 0 N–H and O–H groups in total. The highest BCUT2D eigenvalue weighted by Gasteiger charge is 2.07. The molecule has 0 atom stereocenters. The molecule has 1 heterocycles. The highest BCUT2D eigenvalue weighted by Crippen LogP contribution is 2.03. The first-order valence-corrected chi connectivity index (χ1v) is 3.57. The van der Waals surface area contributed by atoms with Gasteiger partial charge in [-0.2, -0.15) is 0 Å². The van der Waals surface area contributed by atoms with Crippen LogP contribution in [0.3, 0.4) is 0 Å². The molecule has 1 aromatic heterocycles. The standard InChI is InChI=1S/C8H5FN2O2/c9-6-1-3-7(4-2-6)11-5-8(12)13-10-11/h1-5H/i9-1. The first kappa shape index (κ1) is 7.72. The molecule has 0 aliphatic rings. The van der Waals surface area contributed by atoms with Gasteiger partial charge in [-0.25, -0.2) is 4.39 Å². The average molecular weight is 179 g/mol. The lowest BCUT2D eigenvalue weighted by Gasteiger charge is -1.87. The first-order valence-electron chi connectivity index (χ1n) is 3.57. The minimum Gasteiger partial charge on any atom is -0.539 e. The van der Waals surface area contributed by atoms with Gasteiger partial charge in [-0.05, 0) is 16.8 Å². The molecule has 0 fully saturated rings. The van der Waals surface area contributed by atoms with Gasteiger partial charge in [0.05, 0.1) is 5.27 Å². The van der Waals surface area contributed by atoms with Gasteiger partial charge >= 0.3 is 0 Å². The number of hydrogen-bond acceptors (Lipinski definition) is 3. The fourth-order valence-corrected chi connectivity index (χ4v) is 0.947. The molecule has 0 aliphatic carbocycles. The topological polar surface area (TPSA) is 53.0 Å². The van der Waals surface area contributed by atoms with Crippen molar-refractivity contribution in [3.05, 3.63) is 36.3 Å². The number of rotatable bonds is 1. The Kier molecular flexibility index (Phi) is 1.70. The number of benzene rings is 1.